The van der Waals surface area contributed by atoms with Crippen LogP contribution in [-0.4, -0.2) is 5.84 Å². The number of nitrogens with two attached hydrogens (primary N) is 4. The number of rotatable bonds is 7. The second-order valence-corrected chi connectivity index (χ2v) is 12.1. The van der Waals surface area contributed by atoms with Gasteiger partial charge in [-0.25, -0.2) is 0 Å². The highest BCUT2D eigenvalue weighted by Gasteiger charge is 2.06. The number of amidine groups is 1. The fraction of sp³-hybridized carbons (Fsp3) is 0.0851. The first kappa shape index (κ1) is 38.5. The van der Waals surface area contributed by atoms with Crippen molar-refractivity contribution in [2.45, 2.75) is 26.4 Å². The monoisotopic (exact) mass is 683 g/mol. The first-order valence-corrected chi connectivity index (χ1v) is 17.4. The fourth-order valence-electron chi connectivity index (χ4n) is 5.42. The molecule has 9 N–H and O–H groups in total. The number of hydrogen-bond donors (Lipinski definition) is 5. The molecule has 0 spiro atoms. The average Bonchev–Trinajstić information content (AvgIpc) is 3.22. The number of benzene rings is 7. The lowest BCUT2D eigenvalue weighted by atomic mass is 9.94. The maximum atomic E-state index is 7.01. The summed E-state index contributed by atoms with van der Waals surface area (Å²) in [5.74, 6) is 0.121. The van der Waals surface area contributed by atoms with Crippen molar-refractivity contribution in [1.82, 2.24) is 0 Å². The summed E-state index contributed by atoms with van der Waals surface area (Å²) in [6.45, 7) is 3.45. The van der Waals surface area contributed by atoms with E-state index in [2.05, 4.69) is 97.9 Å². The molecule has 7 aromatic carbocycles. The third-order valence-electron chi connectivity index (χ3n) is 8.28. The Morgan fingerprint density at radius 3 is 1.40 bits per heavy atom. The van der Waals surface area contributed by atoms with Gasteiger partial charge < -0.3 is 22.9 Å². The summed E-state index contributed by atoms with van der Waals surface area (Å²) in [4.78, 5) is 0. The Labute approximate surface area is 308 Å². The zero-order chi connectivity index (χ0) is 37.0. The molecule has 0 saturated heterocycles. The predicted molar refractivity (Wildman–Crippen MR) is 223 cm³/mol. The third-order valence-corrected chi connectivity index (χ3v) is 8.28. The summed E-state index contributed by atoms with van der Waals surface area (Å²) < 4.78 is 0. The summed E-state index contributed by atoms with van der Waals surface area (Å²) >= 11 is 0. The van der Waals surface area contributed by atoms with Crippen LogP contribution in [0.3, 0.4) is 0 Å². The lowest BCUT2D eigenvalue weighted by Crippen LogP contribution is -2.10. The van der Waals surface area contributed by atoms with Gasteiger partial charge in [0.15, 0.2) is 0 Å². The standard InChI is InChI=1S/C26H23N.C7H8N2.2C7H9N/c1-19-7-5-10-23-11-6-12-24(26(19)23)21-14-16-22(17-15-21)25(27)18-13-20-8-3-2-4-9-20;8-7(9)6-4-2-1-3-5-6;2*8-6-7-4-2-1-3-5-7/h2-12,14-18H,13,27H2,1H3;1-5H,(H3,8,9);2*1-5H,6,8H2/b25-18-;;;. The van der Waals surface area contributed by atoms with E-state index in [9.17, 15) is 0 Å². The van der Waals surface area contributed by atoms with Crippen molar-refractivity contribution in [2.75, 3.05) is 0 Å². The van der Waals surface area contributed by atoms with Crippen LogP contribution in [-0.2, 0) is 19.5 Å². The van der Waals surface area contributed by atoms with Gasteiger partial charge in [-0.2, -0.15) is 0 Å². The van der Waals surface area contributed by atoms with Crippen LogP contribution in [0.2, 0.25) is 0 Å². The Morgan fingerprint density at radius 2 is 0.962 bits per heavy atom. The van der Waals surface area contributed by atoms with Gasteiger partial charge in [0, 0.05) is 24.4 Å². The molecule has 0 radical (unpaired) electrons. The summed E-state index contributed by atoms with van der Waals surface area (Å²) in [6, 6.07) is 61.1. The van der Waals surface area contributed by atoms with Crippen LogP contribution >= 0.6 is 0 Å². The lowest BCUT2D eigenvalue weighted by molar-refractivity contribution is 1.07. The number of aryl methyl sites for hydroxylation is 1. The fourth-order valence-corrected chi connectivity index (χ4v) is 5.42. The van der Waals surface area contributed by atoms with E-state index in [-0.39, 0.29) is 5.84 Å². The average molecular weight is 684 g/mol. The van der Waals surface area contributed by atoms with Crippen molar-refractivity contribution in [3.63, 3.8) is 0 Å². The highest BCUT2D eigenvalue weighted by Crippen LogP contribution is 2.31. The van der Waals surface area contributed by atoms with Gasteiger partial charge in [-0.1, -0.05) is 188 Å². The molecule has 7 aromatic rings. The molecule has 0 aliphatic heterocycles. The molecule has 0 saturated carbocycles. The highest BCUT2D eigenvalue weighted by atomic mass is 14.7. The minimum atomic E-state index is 0.121. The largest absolute Gasteiger partial charge is 0.398 e. The second kappa shape index (κ2) is 21.1. The molecule has 0 aliphatic rings. The first-order chi connectivity index (χ1) is 25.4. The Balaban J connectivity index is 0.000000195. The molecule has 0 aromatic heterocycles. The molecule has 0 unspecified atom stereocenters. The van der Waals surface area contributed by atoms with Crippen LogP contribution in [0, 0.1) is 12.3 Å². The van der Waals surface area contributed by atoms with Gasteiger partial charge in [-0.15, -0.1) is 0 Å². The summed E-state index contributed by atoms with van der Waals surface area (Å²) in [6.07, 6.45) is 2.93. The second-order valence-electron chi connectivity index (χ2n) is 12.1. The maximum Gasteiger partial charge on any atom is 0.122 e. The van der Waals surface area contributed by atoms with Crippen molar-refractivity contribution in [1.29, 1.82) is 5.41 Å². The molecule has 262 valence electrons. The highest BCUT2D eigenvalue weighted by molar-refractivity contribution is 5.99. The minimum absolute atomic E-state index is 0.121. The van der Waals surface area contributed by atoms with Crippen molar-refractivity contribution >= 4 is 22.3 Å². The van der Waals surface area contributed by atoms with Gasteiger partial charge in [0.1, 0.15) is 5.84 Å². The number of allylic oxidation sites excluding steroid dienone is 1. The normalized spacial score (nSPS) is 10.4. The molecule has 5 heteroatoms. The van der Waals surface area contributed by atoms with E-state index < -0.39 is 0 Å². The van der Waals surface area contributed by atoms with E-state index in [1.54, 1.807) is 0 Å². The molecule has 0 aliphatic carbocycles. The lowest BCUT2D eigenvalue weighted by Gasteiger charge is -2.11. The molecule has 5 nitrogen and oxygen atoms in total. The Kier molecular flexibility index (Phi) is 15.6. The van der Waals surface area contributed by atoms with Gasteiger partial charge in [-0.3, -0.25) is 5.41 Å². The zero-order valence-electron chi connectivity index (χ0n) is 29.8. The van der Waals surface area contributed by atoms with Crippen molar-refractivity contribution < 1.29 is 0 Å². The number of nitrogens with one attached hydrogen (secondary N) is 1. The third kappa shape index (κ3) is 12.3. The maximum absolute atomic E-state index is 7.01. The van der Waals surface area contributed by atoms with Crippen LogP contribution in [0.15, 0.2) is 188 Å². The Morgan fingerprint density at radius 1 is 0.500 bits per heavy atom. The van der Waals surface area contributed by atoms with E-state index in [0.29, 0.717) is 13.1 Å². The minimum Gasteiger partial charge on any atom is -0.398 e. The molecule has 7 rings (SSSR count). The van der Waals surface area contributed by atoms with E-state index >= 15 is 0 Å². The SMILES string of the molecule is Cc1cccc2cccc(-c3ccc(/C(N)=C/Cc4ccccc4)cc3)c12.N=C(N)c1ccccc1.NCc1ccccc1.NCc1ccccc1. The molecule has 0 fully saturated rings. The van der Waals surface area contributed by atoms with E-state index in [0.717, 1.165) is 23.2 Å². The summed E-state index contributed by atoms with van der Waals surface area (Å²) in [7, 11) is 0. The van der Waals surface area contributed by atoms with Gasteiger partial charge >= 0.3 is 0 Å². The predicted octanol–water partition coefficient (Wildman–Crippen LogP) is 9.62. The van der Waals surface area contributed by atoms with Gasteiger partial charge in [-0.05, 0) is 63.1 Å². The summed E-state index contributed by atoms with van der Waals surface area (Å²) in [5.41, 5.74) is 32.3. The number of fused-ring (bicyclic) bond motifs is 1. The number of nitrogen functional groups attached to an aromatic ring is 1. The van der Waals surface area contributed by atoms with Crippen molar-refractivity contribution in [3.8, 4) is 11.1 Å². The van der Waals surface area contributed by atoms with Crippen molar-refractivity contribution in [2.24, 2.45) is 22.9 Å². The smallest absolute Gasteiger partial charge is 0.122 e. The molecular formula is C47H49N5. The van der Waals surface area contributed by atoms with Crippen LogP contribution in [0.25, 0.3) is 27.6 Å². The quantitative estimate of drug-likeness (QED) is 0.0847. The molecule has 0 atom stereocenters. The van der Waals surface area contributed by atoms with Crippen LogP contribution < -0.4 is 22.9 Å². The Hall–Kier alpha value is -6.27. The van der Waals surface area contributed by atoms with Crippen LogP contribution in [0.4, 0.5) is 0 Å². The zero-order valence-corrected chi connectivity index (χ0v) is 29.8. The molecule has 0 bridgehead atoms. The molecule has 52 heavy (non-hydrogen) atoms. The van der Waals surface area contributed by atoms with Crippen LogP contribution in [0.1, 0.15) is 33.4 Å². The van der Waals surface area contributed by atoms with Gasteiger partial charge in [0.2, 0.25) is 0 Å². The van der Waals surface area contributed by atoms with E-state index in [1.165, 1.54) is 44.2 Å². The number of hydrogen-bond acceptors (Lipinski definition) is 4. The van der Waals surface area contributed by atoms with E-state index in [4.69, 9.17) is 28.3 Å². The van der Waals surface area contributed by atoms with Crippen molar-refractivity contribution in [3.05, 3.63) is 221 Å². The first-order valence-electron chi connectivity index (χ1n) is 17.4. The van der Waals surface area contributed by atoms with E-state index in [1.807, 2.05) is 97.1 Å². The van der Waals surface area contributed by atoms with Crippen LogP contribution in [0.5, 0.6) is 0 Å². The molecule has 0 amide bonds. The topological polar surface area (TPSA) is 128 Å². The Bertz CT molecular complexity index is 2050. The van der Waals surface area contributed by atoms with Gasteiger partial charge in [0.25, 0.3) is 0 Å². The van der Waals surface area contributed by atoms with Gasteiger partial charge in [0.05, 0.1) is 0 Å². The summed E-state index contributed by atoms with van der Waals surface area (Å²) in [5, 5.41) is 9.61. The molecular weight excluding hydrogens is 635 g/mol. The molecule has 0 heterocycles.